The molecule has 0 fully saturated rings. The van der Waals surface area contributed by atoms with Gasteiger partial charge in [0.15, 0.2) is 11.6 Å². The third-order valence-corrected chi connectivity index (χ3v) is 4.63. The summed E-state index contributed by atoms with van der Waals surface area (Å²) >= 11 is 0. The van der Waals surface area contributed by atoms with Crippen LogP contribution in [0.5, 0.6) is 11.5 Å². The lowest BCUT2D eigenvalue weighted by molar-refractivity contribution is -0.131. The second kappa shape index (κ2) is 10.5. The molecule has 3 aromatic rings. The third-order valence-electron chi connectivity index (χ3n) is 4.63. The number of hydrogen-bond acceptors (Lipinski definition) is 5. The summed E-state index contributed by atoms with van der Waals surface area (Å²) in [6.45, 7) is 0. The van der Waals surface area contributed by atoms with Gasteiger partial charge in [0.1, 0.15) is 11.5 Å². The molecular weight excluding hydrogens is 420 g/mol. The van der Waals surface area contributed by atoms with E-state index in [0.29, 0.717) is 16.7 Å². The fraction of sp³-hybridized carbons (Fsp3) is 0. The fourth-order valence-electron chi connectivity index (χ4n) is 2.95. The zero-order valence-electron chi connectivity index (χ0n) is 17.4. The predicted molar refractivity (Wildman–Crippen MR) is 126 cm³/mol. The number of hydrogen-bond donors (Lipinski definition) is 3. The van der Waals surface area contributed by atoms with Gasteiger partial charge in [0, 0.05) is 17.2 Å². The number of phenolic OH excluding ortho intramolecular Hbond substituents is 2. The number of carbonyl (C=O) groups excluding carboxylic acids is 2. The van der Waals surface area contributed by atoms with Crippen LogP contribution in [0.3, 0.4) is 0 Å². The summed E-state index contributed by atoms with van der Waals surface area (Å²) in [6, 6.07) is 17.0. The largest absolute Gasteiger partial charge is 0.508 e. The highest BCUT2D eigenvalue weighted by atomic mass is 16.4. The molecule has 0 aromatic heterocycles. The van der Waals surface area contributed by atoms with Gasteiger partial charge in [-0.1, -0.05) is 42.5 Å². The van der Waals surface area contributed by atoms with Gasteiger partial charge in [-0.2, -0.15) is 0 Å². The molecule has 0 saturated carbocycles. The van der Waals surface area contributed by atoms with Crippen LogP contribution in [0.4, 0.5) is 0 Å². The van der Waals surface area contributed by atoms with Gasteiger partial charge in [0.05, 0.1) is 0 Å². The standard InChI is InChI=1S/C27H20O6/c28-21-9-1-18(2-10-21)6-14-25(30)23-13-5-20(8-16-27(32)33)17-24(23)26(31)15-7-19-3-11-22(29)12-4-19/h1-17,28-29H,(H,32,33). The van der Waals surface area contributed by atoms with Crippen LogP contribution in [-0.2, 0) is 4.79 Å². The number of phenols is 2. The van der Waals surface area contributed by atoms with Crippen LogP contribution in [0.25, 0.3) is 18.2 Å². The van der Waals surface area contributed by atoms with Crippen molar-refractivity contribution in [2.24, 2.45) is 0 Å². The summed E-state index contributed by atoms with van der Waals surface area (Å²) in [5, 5.41) is 27.6. The first-order valence-corrected chi connectivity index (χ1v) is 9.90. The SMILES string of the molecule is O=C(O)C=Cc1ccc(C(=O)C=Cc2ccc(O)cc2)c(C(=O)C=Cc2ccc(O)cc2)c1. The highest BCUT2D eigenvalue weighted by Gasteiger charge is 2.14. The van der Waals surface area contributed by atoms with E-state index in [0.717, 1.165) is 6.08 Å². The maximum atomic E-state index is 12.9. The van der Waals surface area contributed by atoms with Gasteiger partial charge < -0.3 is 15.3 Å². The molecule has 3 rings (SSSR count). The molecule has 164 valence electrons. The molecule has 6 nitrogen and oxygen atoms in total. The van der Waals surface area contributed by atoms with E-state index < -0.39 is 17.5 Å². The Bertz CT molecular complexity index is 1260. The molecule has 0 amide bonds. The van der Waals surface area contributed by atoms with Crippen LogP contribution in [0.1, 0.15) is 37.4 Å². The van der Waals surface area contributed by atoms with Crippen molar-refractivity contribution in [1.82, 2.24) is 0 Å². The first-order valence-electron chi connectivity index (χ1n) is 9.90. The van der Waals surface area contributed by atoms with Crippen molar-refractivity contribution in [2.45, 2.75) is 0 Å². The molecule has 0 heterocycles. The number of benzene rings is 3. The number of allylic oxidation sites excluding steroid dienone is 2. The maximum absolute atomic E-state index is 12.9. The van der Waals surface area contributed by atoms with E-state index in [1.165, 1.54) is 54.6 Å². The maximum Gasteiger partial charge on any atom is 0.328 e. The smallest absolute Gasteiger partial charge is 0.328 e. The van der Waals surface area contributed by atoms with Crippen molar-refractivity contribution >= 4 is 35.8 Å². The Morgan fingerprint density at radius 1 is 0.545 bits per heavy atom. The predicted octanol–water partition coefficient (Wildman–Crippen LogP) is 4.99. The molecule has 0 atom stereocenters. The zero-order valence-corrected chi connectivity index (χ0v) is 17.4. The van der Waals surface area contributed by atoms with Gasteiger partial charge in [-0.3, -0.25) is 9.59 Å². The highest BCUT2D eigenvalue weighted by molar-refractivity contribution is 6.18. The summed E-state index contributed by atoms with van der Waals surface area (Å²) in [6.07, 6.45) is 8.05. The average molecular weight is 440 g/mol. The molecule has 3 N–H and O–H groups in total. The van der Waals surface area contributed by atoms with Gasteiger partial charge in [0.2, 0.25) is 0 Å². The molecule has 0 radical (unpaired) electrons. The Morgan fingerprint density at radius 3 is 1.45 bits per heavy atom. The van der Waals surface area contributed by atoms with E-state index in [1.54, 1.807) is 42.5 Å². The molecule has 3 aromatic carbocycles. The van der Waals surface area contributed by atoms with Crippen LogP contribution >= 0.6 is 0 Å². The van der Waals surface area contributed by atoms with Gasteiger partial charge in [-0.25, -0.2) is 4.79 Å². The van der Waals surface area contributed by atoms with Crippen LogP contribution < -0.4 is 0 Å². The third kappa shape index (κ3) is 6.63. The second-order valence-electron chi connectivity index (χ2n) is 7.05. The molecular formula is C27H20O6. The molecule has 0 saturated heterocycles. The monoisotopic (exact) mass is 440 g/mol. The summed E-state index contributed by atoms with van der Waals surface area (Å²) in [7, 11) is 0. The Balaban J connectivity index is 1.93. The van der Waals surface area contributed by atoms with Gasteiger partial charge in [0.25, 0.3) is 0 Å². The van der Waals surface area contributed by atoms with E-state index in [1.807, 2.05) is 0 Å². The molecule has 0 unspecified atom stereocenters. The molecule has 6 heteroatoms. The summed E-state index contributed by atoms with van der Waals surface area (Å²) in [5.41, 5.74) is 2.12. The Hall–Kier alpha value is -4.71. The molecule has 0 aliphatic heterocycles. The van der Waals surface area contributed by atoms with Crippen LogP contribution in [-0.4, -0.2) is 32.9 Å². The number of aromatic hydroxyl groups is 2. The van der Waals surface area contributed by atoms with E-state index in [9.17, 15) is 24.6 Å². The van der Waals surface area contributed by atoms with Crippen molar-refractivity contribution in [2.75, 3.05) is 0 Å². The number of carboxylic acids is 1. The lowest BCUT2D eigenvalue weighted by Gasteiger charge is -2.06. The number of rotatable bonds is 8. The molecule has 0 bridgehead atoms. The Kier molecular flexibility index (Phi) is 7.34. The van der Waals surface area contributed by atoms with Crippen LogP contribution in [0.2, 0.25) is 0 Å². The van der Waals surface area contributed by atoms with E-state index >= 15 is 0 Å². The van der Waals surface area contributed by atoms with Crippen molar-refractivity contribution in [3.05, 3.63) is 113 Å². The average Bonchev–Trinajstić information content (AvgIpc) is 2.81. The summed E-state index contributed by atoms with van der Waals surface area (Å²) in [5.74, 6) is -1.76. The normalized spacial score (nSPS) is 11.4. The second-order valence-corrected chi connectivity index (χ2v) is 7.05. The van der Waals surface area contributed by atoms with Crippen molar-refractivity contribution < 1.29 is 29.7 Å². The first kappa shape index (κ1) is 23.0. The topological polar surface area (TPSA) is 112 Å². The van der Waals surface area contributed by atoms with Crippen molar-refractivity contribution in [1.29, 1.82) is 0 Å². The number of carboxylic acid groups (broad SMARTS) is 1. The van der Waals surface area contributed by atoms with E-state index in [4.69, 9.17) is 5.11 Å². The number of aliphatic carboxylic acids is 1. The molecule has 33 heavy (non-hydrogen) atoms. The first-order chi connectivity index (χ1) is 15.8. The highest BCUT2D eigenvalue weighted by Crippen LogP contribution is 2.19. The Labute approximate surface area is 190 Å². The molecule has 0 aliphatic rings. The van der Waals surface area contributed by atoms with Gasteiger partial charge in [-0.15, -0.1) is 0 Å². The van der Waals surface area contributed by atoms with Crippen molar-refractivity contribution in [3.63, 3.8) is 0 Å². The summed E-state index contributed by atoms with van der Waals surface area (Å²) in [4.78, 5) is 36.6. The number of ketones is 2. The van der Waals surface area contributed by atoms with Gasteiger partial charge in [-0.05, 0) is 71.3 Å². The Morgan fingerprint density at radius 2 is 0.970 bits per heavy atom. The van der Waals surface area contributed by atoms with Crippen LogP contribution in [0.15, 0.2) is 85.0 Å². The quantitative estimate of drug-likeness (QED) is 0.336. The van der Waals surface area contributed by atoms with E-state index in [-0.39, 0.29) is 22.6 Å². The lowest BCUT2D eigenvalue weighted by Crippen LogP contribution is -2.06. The fourth-order valence-corrected chi connectivity index (χ4v) is 2.95. The van der Waals surface area contributed by atoms with Gasteiger partial charge >= 0.3 is 5.97 Å². The van der Waals surface area contributed by atoms with Crippen molar-refractivity contribution in [3.8, 4) is 11.5 Å². The minimum absolute atomic E-state index is 0.102. The van der Waals surface area contributed by atoms with E-state index in [2.05, 4.69) is 0 Å². The lowest BCUT2D eigenvalue weighted by atomic mass is 9.96. The minimum Gasteiger partial charge on any atom is -0.508 e. The molecule has 0 aliphatic carbocycles. The van der Waals surface area contributed by atoms with Crippen LogP contribution in [0, 0.1) is 0 Å². The summed E-state index contributed by atoms with van der Waals surface area (Å²) < 4.78 is 0. The minimum atomic E-state index is -1.13. The molecule has 0 spiro atoms. The number of carbonyl (C=O) groups is 3. The zero-order chi connectivity index (χ0) is 23.8.